The normalized spacial score (nSPS) is 11.0. The molecule has 0 saturated carbocycles. The number of nitrogens with one attached hydrogen (secondary N) is 3. The van der Waals surface area contributed by atoms with Gasteiger partial charge in [0.1, 0.15) is 5.82 Å². The zero-order chi connectivity index (χ0) is 18.3. The third-order valence-corrected chi connectivity index (χ3v) is 4.47. The third-order valence-electron chi connectivity index (χ3n) is 4.47. The van der Waals surface area contributed by atoms with Gasteiger partial charge in [0.15, 0.2) is 0 Å². The van der Waals surface area contributed by atoms with Crippen LogP contribution in [0.5, 0.6) is 0 Å². The summed E-state index contributed by atoms with van der Waals surface area (Å²) in [5.41, 5.74) is 3.16. The lowest BCUT2D eigenvalue weighted by atomic mass is 10.2. The topological polar surface area (TPSA) is 61.9 Å². The smallest absolute Gasteiger partial charge is 0.126 e. The van der Waals surface area contributed by atoms with Crippen LogP contribution in [0.2, 0.25) is 0 Å². The first-order valence-corrected chi connectivity index (χ1v) is 9.28. The molecule has 0 radical (unpaired) electrons. The molecule has 0 aliphatic heterocycles. The Bertz CT molecular complexity index is 1030. The van der Waals surface area contributed by atoms with E-state index in [0.717, 1.165) is 59.5 Å². The fourth-order valence-corrected chi connectivity index (χ4v) is 3.10. The quantitative estimate of drug-likeness (QED) is 0.418. The molecule has 27 heavy (non-hydrogen) atoms. The van der Waals surface area contributed by atoms with E-state index >= 15 is 0 Å². The summed E-state index contributed by atoms with van der Waals surface area (Å²) in [6, 6.07) is 22.5. The van der Waals surface area contributed by atoms with Crippen molar-refractivity contribution in [3.8, 4) is 0 Å². The lowest BCUT2D eigenvalue weighted by Gasteiger charge is -2.11. The number of benzene rings is 2. The minimum Gasteiger partial charge on any atom is -0.383 e. The molecule has 4 aromatic rings. The standard InChI is InChI=1S/C22H23N5/c1-3-7-19-17(5-1)9-10-22(27-19)26-16-14-23-13-15-25-21-11-12-24-20-8-4-2-6-18(20)21/h1-12,23H,13-16H2,(H,24,25)(H,26,27). The molecule has 3 N–H and O–H groups in total. The molecule has 0 unspecified atom stereocenters. The third kappa shape index (κ3) is 4.33. The van der Waals surface area contributed by atoms with E-state index in [4.69, 9.17) is 0 Å². The highest BCUT2D eigenvalue weighted by atomic mass is 15.0. The van der Waals surface area contributed by atoms with E-state index in [0.29, 0.717) is 0 Å². The maximum atomic E-state index is 4.62. The Hall–Kier alpha value is -3.18. The molecule has 0 fully saturated rings. The molecular formula is C22H23N5. The molecule has 0 saturated heterocycles. The molecule has 0 aliphatic carbocycles. The van der Waals surface area contributed by atoms with E-state index in [1.807, 2.05) is 54.7 Å². The molecule has 0 atom stereocenters. The van der Waals surface area contributed by atoms with Gasteiger partial charge in [-0.15, -0.1) is 0 Å². The second-order valence-corrected chi connectivity index (χ2v) is 6.37. The second kappa shape index (κ2) is 8.47. The first-order chi connectivity index (χ1) is 13.4. The van der Waals surface area contributed by atoms with Crippen LogP contribution in [0.1, 0.15) is 0 Å². The van der Waals surface area contributed by atoms with Gasteiger partial charge in [-0.2, -0.15) is 0 Å². The predicted octanol–water partition coefficient (Wildman–Crippen LogP) is 3.90. The zero-order valence-corrected chi connectivity index (χ0v) is 15.2. The van der Waals surface area contributed by atoms with Crippen LogP contribution in [-0.4, -0.2) is 36.1 Å². The highest BCUT2D eigenvalue weighted by Gasteiger charge is 2.00. The van der Waals surface area contributed by atoms with Crippen molar-refractivity contribution in [1.82, 2.24) is 15.3 Å². The van der Waals surface area contributed by atoms with E-state index in [-0.39, 0.29) is 0 Å². The fraction of sp³-hybridized carbons (Fsp3) is 0.182. The van der Waals surface area contributed by atoms with Crippen LogP contribution in [0.4, 0.5) is 11.5 Å². The van der Waals surface area contributed by atoms with E-state index in [2.05, 4.69) is 44.1 Å². The van der Waals surface area contributed by atoms with E-state index in [1.54, 1.807) is 0 Å². The first kappa shape index (κ1) is 17.2. The fourth-order valence-electron chi connectivity index (χ4n) is 3.10. The molecular weight excluding hydrogens is 334 g/mol. The van der Waals surface area contributed by atoms with Gasteiger partial charge in [-0.1, -0.05) is 36.4 Å². The van der Waals surface area contributed by atoms with Crippen molar-refractivity contribution in [3.63, 3.8) is 0 Å². The molecule has 4 rings (SSSR count). The van der Waals surface area contributed by atoms with Crippen LogP contribution in [0.15, 0.2) is 72.9 Å². The van der Waals surface area contributed by atoms with E-state index in [1.165, 1.54) is 0 Å². The van der Waals surface area contributed by atoms with Crippen LogP contribution < -0.4 is 16.0 Å². The van der Waals surface area contributed by atoms with Gasteiger partial charge < -0.3 is 16.0 Å². The largest absolute Gasteiger partial charge is 0.383 e. The molecule has 0 amide bonds. The number of para-hydroxylation sites is 2. The van der Waals surface area contributed by atoms with Crippen molar-refractivity contribution >= 4 is 33.3 Å². The maximum Gasteiger partial charge on any atom is 0.126 e. The summed E-state index contributed by atoms with van der Waals surface area (Å²) >= 11 is 0. The van der Waals surface area contributed by atoms with Crippen LogP contribution in [0.3, 0.4) is 0 Å². The zero-order valence-electron chi connectivity index (χ0n) is 15.2. The number of aromatic nitrogens is 2. The SMILES string of the molecule is c1ccc2nc(NCCNCCNc3ccnc4ccccc34)ccc2c1. The molecule has 0 bridgehead atoms. The summed E-state index contributed by atoms with van der Waals surface area (Å²) < 4.78 is 0. The monoisotopic (exact) mass is 357 g/mol. The van der Waals surface area contributed by atoms with Gasteiger partial charge in [0, 0.05) is 48.8 Å². The van der Waals surface area contributed by atoms with Gasteiger partial charge >= 0.3 is 0 Å². The maximum absolute atomic E-state index is 4.62. The second-order valence-electron chi connectivity index (χ2n) is 6.37. The Morgan fingerprint density at radius 2 is 1.44 bits per heavy atom. The predicted molar refractivity (Wildman–Crippen MR) is 113 cm³/mol. The number of hydrogen-bond acceptors (Lipinski definition) is 5. The Morgan fingerprint density at radius 1 is 0.667 bits per heavy atom. The minimum atomic E-state index is 0.837. The van der Waals surface area contributed by atoms with Gasteiger partial charge in [0.05, 0.1) is 11.0 Å². The lowest BCUT2D eigenvalue weighted by molar-refractivity contribution is 0.718. The van der Waals surface area contributed by atoms with Gasteiger partial charge in [0.25, 0.3) is 0 Å². The van der Waals surface area contributed by atoms with Crippen LogP contribution in [0, 0.1) is 0 Å². The Kier molecular flexibility index (Phi) is 5.41. The summed E-state index contributed by atoms with van der Waals surface area (Å²) in [6.45, 7) is 3.47. The Balaban J connectivity index is 1.19. The summed E-state index contributed by atoms with van der Waals surface area (Å²) in [5.74, 6) is 0.914. The van der Waals surface area contributed by atoms with Gasteiger partial charge in [-0.3, -0.25) is 4.98 Å². The molecule has 5 heteroatoms. The lowest BCUT2D eigenvalue weighted by Crippen LogP contribution is -2.27. The average molecular weight is 357 g/mol. The molecule has 5 nitrogen and oxygen atoms in total. The number of anilines is 2. The van der Waals surface area contributed by atoms with Crippen molar-refractivity contribution < 1.29 is 0 Å². The number of rotatable bonds is 8. The minimum absolute atomic E-state index is 0.837. The number of pyridine rings is 2. The Morgan fingerprint density at radius 3 is 2.37 bits per heavy atom. The summed E-state index contributed by atoms with van der Waals surface area (Å²) in [5, 5.41) is 12.6. The summed E-state index contributed by atoms with van der Waals surface area (Å²) in [6.07, 6.45) is 1.85. The molecule has 136 valence electrons. The van der Waals surface area contributed by atoms with Crippen molar-refractivity contribution in [3.05, 3.63) is 72.9 Å². The Labute approximate surface area is 158 Å². The number of nitrogens with zero attached hydrogens (tertiary/aromatic N) is 2. The molecule has 2 aromatic heterocycles. The summed E-state index contributed by atoms with van der Waals surface area (Å²) in [4.78, 5) is 9.01. The van der Waals surface area contributed by atoms with Crippen LogP contribution >= 0.6 is 0 Å². The highest BCUT2D eigenvalue weighted by Crippen LogP contribution is 2.20. The van der Waals surface area contributed by atoms with Crippen molar-refractivity contribution in [2.24, 2.45) is 0 Å². The number of hydrogen-bond donors (Lipinski definition) is 3. The van der Waals surface area contributed by atoms with Gasteiger partial charge in [0.2, 0.25) is 0 Å². The molecule has 0 aliphatic rings. The molecule has 2 heterocycles. The van der Waals surface area contributed by atoms with Crippen LogP contribution in [-0.2, 0) is 0 Å². The molecule has 0 spiro atoms. The van der Waals surface area contributed by atoms with E-state index in [9.17, 15) is 0 Å². The molecule has 2 aromatic carbocycles. The first-order valence-electron chi connectivity index (χ1n) is 9.28. The van der Waals surface area contributed by atoms with E-state index < -0.39 is 0 Å². The average Bonchev–Trinajstić information content (AvgIpc) is 2.73. The van der Waals surface area contributed by atoms with Gasteiger partial charge in [-0.05, 0) is 30.3 Å². The van der Waals surface area contributed by atoms with Crippen molar-refractivity contribution in [2.45, 2.75) is 0 Å². The number of fused-ring (bicyclic) bond motifs is 2. The van der Waals surface area contributed by atoms with Crippen LogP contribution in [0.25, 0.3) is 21.8 Å². The highest BCUT2D eigenvalue weighted by molar-refractivity contribution is 5.90. The van der Waals surface area contributed by atoms with Gasteiger partial charge in [-0.25, -0.2) is 4.98 Å². The summed E-state index contributed by atoms with van der Waals surface area (Å²) in [7, 11) is 0. The van der Waals surface area contributed by atoms with Crippen molar-refractivity contribution in [1.29, 1.82) is 0 Å². The van der Waals surface area contributed by atoms with Crippen molar-refractivity contribution in [2.75, 3.05) is 36.8 Å².